The van der Waals surface area contributed by atoms with Crippen LogP contribution in [0.5, 0.6) is 0 Å². The van der Waals surface area contributed by atoms with Crippen molar-refractivity contribution in [2.45, 2.75) is 33.7 Å². The fourth-order valence-corrected chi connectivity index (χ4v) is 2.53. The number of pyridine rings is 1. The lowest BCUT2D eigenvalue weighted by Gasteiger charge is -2.40. The zero-order valence-electron chi connectivity index (χ0n) is 12.7. The van der Waals surface area contributed by atoms with E-state index in [1.165, 1.54) is 0 Å². The van der Waals surface area contributed by atoms with E-state index < -0.39 is 0 Å². The number of amides is 1. The van der Waals surface area contributed by atoms with Gasteiger partial charge in [-0.2, -0.15) is 5.26 Å². The number of anilines is 1. The number of carbonyl (C=O) groups is 1. The van der Waals surface area contributed by atoms with Gasteiger partial charge in [0.15, 0.2) is 0 Å². The van der Waals surface area contributed by atoms with E-state index in [-0.39, 0.29) is 17.9 Å². The van der Waals surface area contributed by atoms with Crippen LogP contribution in [-0.4, -0.2) is 30.0 Å². The van der Waals surface area contributed by atoms with Crippen LogP contribution in [0.15, 0.2) is 0 Å². The zero-order valence-corrected chi connectivity index (χ0v) is 13.5. The van der Waals surface area contributed by atoms with E-state index in [1.807, 2.05) is 32.6 Å². The summed E-state index contributed by atoms with van der Waals surface area (Å²) < 4.78 is 0. The molecule has 1 amide bonds. The van der Waals surface area contributed by atoms with Crippen LogP contribution in [0.1, 0.15) is 30.7 Å². The molecule has 0 unspecified atom stereocenters. The summed E-state index contributed by atoms with van der Waals surface area (Å²) in [6.07, 6.45) is 0. The highest BCUT2D eigenvalue weighted by Crippen LogP contribution is 2.32. The average Bonchev–Trinajstić information content (AvgIpc) is 2.33. The van der Waals surface area contributed by atoms with E-state index in [0.29, 0.717) is 35.2 Å². The minimum absolute atomic E-state index is 0.0444. The summed E-state index contributed by atoms with van der Waals surface area (Å²) in [5, 5.41) is 12.8. The molecule has 6 heteroatoms. The lowest BCUT2D eigenvalue weighted by Crippen LogP contribution is -2.55. The number of rotatable bonds is 3. The van der Waals surface area contributed by atoms with Gasteiger partial charge in [-0.15, -0.1) is 0 Å². The second-order valence-electron chi connectivity index (χ2n) is 5.71. The smallest absolute Gasteiger partial charge is 0.226 e. The Hall–Kier alpha value is -1.80. The van der Waals surface area contributed by atoms with E-state index in [9.17, 15) is 10.1 Å². The maximum Gasteiger partial charge on any atom is 0.226 e. The Morgan fingerprint density at radius 2 is 2.10 bits per heavy atom. The van der Waals surface area contributed by atoms with Crippen molar-refractivity contribution in [3.63, 3.8) is 0 Å². The first-order valence-corrected chi connectivity index (χ1v) is 7.35. The fourth-order valence-electron chi connectivity index (χ4n) is 2.40. The molecule has 1 aromatic rings. The Bertz CT molecular complexity index is 615. The van der Waals surface area contributed by atoms with Gasteiger partial charge in [-0.05, 0) is 33.3 Å². The van der Waals surface area contributed by atoms with Crippen molar-refractivity contribution in [3.8, 4) is 6.07 Å². The molecular weight excluding hydrogens is 288 g/mol. The molecule has 0 saturated carbocycles. The number of hydrogen-bond donors (Lipinski definition) is 1. The average molecular weight is 307 g/mol. The van der Waals surface area contributed by atoms with Crippen molar-refractivity contribution in [1.82, 2.24) is 10.3 Å². The van der Waals surface area contributed by atoms with Crippen molar-refractivity contribution in [2.24, 2.45) is 5.92 Å². The summed E-state index contributed by atoms with van der Waals surface area (Å²) in [4.78, 5) is 18.3. The molecule has 0 aliphatic carbocycles. The van der Waals surface area contributed by atoms with Crippen LogP contribution < -0.4 is 10.2 Å². The first kappa shape index (κ1) is 15.6. The maximum absolute atomic E-state index is 11.9. The van der Waals surface area contributed by atoms with Gasteiger partial charge in [0.05, 0.1) is 22.2 Å². The van der Waals surface area contributed by atoms with E-state index >= 15 is 0 Å². The summed E-state index contributed by atoms with van der Waals surface area (Å²) in [6, 6.07) is 2.31. The molecule has 21 heavy (non-hydrogen) atoms. The number of nitrogens with zero attached hydrogens (tertiary/aromatic N) is 3. The zero-order chi connectivity index (χ0) is 15.7. The Balaban J connectivity index is 2.16. The molecular formula is C15H19ClN4O. The third-order valence-corrected chi connectivity index (χ3v) is 4.17. The molecule has 1 fully saturated rings. The summed E-state index contributed by atoms with van der Waals surface area (Å²) >= 11 is 6.14. The third-order valence-electron chi connectivity index (χ3n) is 3.61. The molecule has 0 aromatic carbocycles. The molecule has 112 valence electrons. The van der Waals surface area contributed by atoms with Crippen LogP contribution in [0.25, 0.3) is 0 Å². The Labute approximate surface area is 129 Å². The molecule has 2 heterocycles. The van der Waals surface area contributed by atoms with Crippen molar-refractivity contribution in [1.29, 1.82) is 5.26 Å². The van der Waals surface area contributed by atoms with Crippen LogP contribution in [0, 0.1) is 31.1 Å². The number of carbonyl (C=O) groups excluding carboxylic acids is 1. The highest BCUT2D eigenvalue weighted by Gasteiger charge is 2.35. The highest BCUT2D eigenvalue weighted by atomic mass is 35.5. The Morgan fingerprint density at radius 3 is 2.62 bits per heavy atom. The molecule has 0 radical (unpaired) electrons. The van der Waals surface area contributed by atoms with Gasteiger partial charge in [0.25, 0.3) is 0 Å². The third kappa shape index (κ3) is 2.96. The van der Waals surface area contributed by atoms with E-state index in [0.717, 1.165) is 5.56 Å². The minimum atomic E-state index is -0.0444. The second-order valence-corrected chi connectivity index (χ2v) is 6.09. The van der Waals surface area contributed by atoms with Crippen LogP contribution in [0.3, 0.4) is 0 Å². The molecule has 1 aromatic heterocycles. The molecule has 1 N–H and O–H groups in total. The minimum Gasteiger partial charge on any atom is -0.354 e. The van der Waals surface area contributed by atoms with Crippen molar-refractivity contribution in [3.05, 3.63) is 21.8 Å². The molecule has 1 aliphatic heterocycles. The molecule has 2 rings (SSSR count). The van der Waals surface area contributed by atoms with Crippen molar-refractivity contribution < 1.29 is 4.79 Å². The van der Waals surface area contributed by atoms with Gasteiger partial charge < -0.3 is 10.2 Å². The number of halogens is 1. The van der Waals surface area contributed by atoms with Crippen LogP contribution >= 0.6 is 11.6 Å². The molecule has 0 bridgehead atoms. The van der Waals surface area contributed by atoms with Crippen molar-refractivity contribution in [2.75, 3.05) is 18.0 Å². The highest BCUT2D eigenvalue weighted by molar-refractivity contribution is 6.32. The lowest BCUT2D eigenvalue weighted by atomic mass is 9.97. The Kier molecular flexibility index (Phi) is 4.38. The number of nitriles is 1. The number of aromatic nitrogens is 1. The predicted molar refractivity (Wildman–Crippen MR) is 82.4 cm³/mol. The van der Waals surface area contributed by atoms with Crippen LogP contribution in [-0.2, 0) is 4.79 Å². The van der Waals surface area contributed by atoms with Gasteiger partial charge in [-0.25, -0.2) is 4.98 Å². The Morgan fingerprint density at radius 1 is 1.48 bits per heavy atom. The molecule has 1 saturated heterocycles. The summed E-state index contributed by atoms with van der Waals surface area (Å²) in [7, 11) is 0. The first-order valence-electron chi connectivity index (χ1n) is 6.97. The van der Waals surface area contributed by atoms with Gasteiger partial charge in [-0.3, -0.25) is 4.79 Å². The van der Waals surface area contributed by atoms with E-state index in [1.54, 1.807) is 0 Å². The monoisotopic (exact) mass is 306 g/mol. The SMILES string of the molecule is Cc1nc(N2CC(C(=O)NC(C)C)C2)c(C#N)c(C)c1Cl. The molecule has 1 aliphatic rings. The summed E-state index contributed by atoms with van der Waals surface area (Å²) in [5.41, 5.74) is 1.95. The second kappa shape index (κ2) is 5.90. The number of hydrogen-bond acceptors (Lipinski definition) is 4. The van der Waals surface area contributed by atoms with Crippen molar-refractivity contribution >= 4 is 23.3 Å². The molecule has 5 nitrogen and oxygen atoms in total. The van der Waals surface area contributed by atoms with E-state index in [2.05, 4.69) is 16.4 Å². The first-order chi connectivity index (χ1) is 9.85. The summed E-state index contributed by atoms with van der Waals surface area (Å²) in [6.45, 7) is 8.69. The van der Waals surface area contributed by atoms with Gasteiger partial charge >= 0.3 is 0 Å². The lowest BCUT2D eigenvalue weighted by molar-refractivity contribution is -0.126. The molecule has 0 spiro atoms. The topological polar surface area (TPSA) is 69.0 Å². The van der Waals surface area contributed by atoms with Gasteiger partial charge in [0, 0.05) is 19.1 Å². The van der Waals surface area contributed by atoms with Gasteiger partial charge in [0.2, 0.25) is 5.91 Å². The quantitative estimate of drug-likeness (QED) is 0.929. The predicted octanol–water partition coefficient (Wildman–Crippen LogP) is 2.18. The fraction of sp³-hybridized carbons (Fsp3) is 0.533. The largest absolute Gasteiger partial charge is 0.354 e. The van der Waals surface area contributed by atoms with Crippen LogP contribution in [0.2, 0.25) is 5.02 Å². The van der Waals surface area contributed by atoms with Gasteiger partial charge in [0.1, 0.15) is 11.9 Å². The molecule has 0 atom stereocenters. The normalized spacial score (nSPS) is 14.8. The number of nitrogens with one attached hydrogen (secondary N) is 1. The van der Waals surface area contributed by atoms with E-state index in [4.69, 9.17) is 11.6 Å². The standard InChI is InChI=1S/C15H19ClN4O/c1-8(2)18-15(21)11-6-20(7-11)14-12(5-17)9(3)13(16)10(4)19-14/h8,11H,6-7H2,1-4H3,(H,18,21). The maximum atomic E-state index is 11.9. The van der Waals surface area contributed by atoms with Gasteiger partial charge in [-0.1, -0.05) is 11.6 Å². The van der Waals surface area contributed by atoms with Crippen LogP contribution in [0.4, 0.5) is 5.82 Å². The number of aryl methyl sites for hydroxylation is 1. The summed E-state index contributed by atoms with van der Waals surface area (Å²) in [5.74, 6) is 0.643.